The molecule has 2 rings (SSSR count). The molecule has 76 valence electrons. The Bertz CT molecular complexity index is 350. The third-order valence-corrected chi connectivity index (χ3v) is 3.36. The summed E-state index contributed by atoms with van der Waals surface area (Å²) in [5.41, 5.74) is 1.07. The Morgan fingerprint density at radius 1 is 1.71 bits per heavy atom. The number of alkyl halides is 1. The van der Waals surface area contributed by atoms with Crippen molar-refractivity contribution < 1.29 is 4.79 Å². The van der Waals surface area contributed by atoms with Gasteiger partial charge in [0.1, 0.15) is 0 Å². The molecule has 0 N–H and O–H groups in total. The van der Waals surface area contributed by atoms with Crippen LogP contribution >= 0.6 is 15.9 Å². The largest absolute Gasteiger partial charge is 0.336 e. The van der Waals surface area contributed by atoms with Gasteiger partial charge in [-0.1, -0.05) is 15.9 Å². The third-order valence-electron chi connectivity index (χ3n) is 2.51. The van der Waals surface area contributed by atoms with Crippen LogP contribution in [0.5, 0.6) is 0 Å². The highest BCUT2D eigenvalue weighted by molar-refractivity contribution is 9.10. The van der Waals surface area contributed by atoms with E-state index in [1.807, 2.05) is 18.0 Å². The molecule has 0 bridgehead atoms. The van der Waals surface area contributed by atoms with Crippen LogP contribution in [0.4, 0.5) is 0 Å². The number of aryl methyl sites for hydroxylation is 1. The Kier molecular flexibility index (Phi) is 2.58. The van der Waals surface area contributed by atoms with Crippen LogP contribution in [0.2, 0.25) is 0 Å². The van der Waals surface area contributed by atoms with Gasteiger partial charge in [0.15, 0.2) is 0 Å². The maximum atomic E-state index is 11.6. The van der Waals surface area contributed by atoms with Gasteiger partial charge < -0.3 is 4.90 Å². The van der Waals surface area contributed by atoms with Crippen molar-refractivity contribution in [1.29, 1.82) is 0 Å². The average Bonchev–Trinajstić information content (AvgIpc) is 2.68. The van der Waals surface area contributed by atoms with Crippen LogP contribution in [0.15, 0.2) is 12.3 Å². The van der Waals surface area contributed by atoms with E-state index in [9.17, 15) is 4.79 Å². The first-order valence-corrected chi connectivity index (χ1v) is 5.50. The SMILES string of the molecule is Cn1nccc1CN1CCC(Br)C1=O. The standard InChI is InChI=1S/C9H12BrN3O/c1-12-7(2-4-11-12)6-13-5-3-8(10)9(13)14/h2,4,8H,3,5-6H2,1H3. The number of hydrogen-bond donors (Lipinski definition) is 0. The molecule has 1 unspecified atom stereocenters. The topological polar surface area (TPSA) is 38.1 Å². The van der Waals surface area contributed by atoms with E-state index in [-0.39, 0.29) is 10.7 Å². The molecule has 1 fully saturated rings. The average molecular weight is 258 g/mol. The predicted octanol–water partition coefficient (Wildman–Crippen LogP) is 0.916. The third kappa shape index (κ3) is 1.68. The van der Waals surface area contributed by atoms with Gasteiger partial charge in [-0.2, -0.15) is 5.10 Å². The lowest BCUT2D eigenvalue weighted by molar-refractivity contribution is -0.127. The number of carbonyl (C=O) groups excluding carboxylic acids is 1. The summed E-state index contributed by atoms with van der Waals surface area (Å²) in [4.78, 5) is 13.5. The maximum absolute atomic E-state index is 11.6. The summed E-state index contributed by atoms with van der Waals surface area (Å²) in [6, 6.07) is 1.94. The van der Waals surface area contributed by atoms with Gasteiger partial charge in [0.05, 0.1) is 17.1 Å². The maximum Gasteiger partial charge on any atom is 0.236 e. The molecular formula is C9H12BrN3O. The van der Waals surface area contributed by atoms with Gasteiger partial charge >= 0.3 is 0 Å². The predicted molar refractivity (Wildman–Crippen MR) is 56.0 cm³/mol. The number of rotatable bonds is 2. The Balaban J connectivity index is 2.06. The van der Waals surface area contributed by atoms with E-state index in [1.165, 1.54) is 0 Å². The monoisotopic (exact) mass is 257 g/mol. The molecule has 1 saturated heterocycles. The molecule has 1 aromatic rings. The Morgan fingerprint density at radius 2 is 2.50 bits per heavy atom. The summed E-state index contributed by atoms with van der Waals surface area (Å²) in [6.07, 6.45) is 2.65. The second kappa shape index (κ2) is 3.73. The van der Waals surface area contributed by atoms with Crippen molar-refractivity contribution in [1.82, 2.24) is 14.7 Å². The van der Waals surface area contributed by atoms with Gasteiger partial charge in [0.2, 0.25) is 5.91 Å². The normalized spacial score (nSPS) is 22.0. The van der Waals surface area contributed by atoms with E-state index in [2.05, 4.69) is 21.0 Å². The van der Waals surface area contributed by atoms with E-state index < -0.39 is 0 Å². The number of halogens is 1. The van der Waals surface area contributed by atoms with Crippen LogP contribution in [-0.2, 0) is 18.4 Å². The van der Waals surface area contributed by atoms with Crippen molar-refractivity contribution in [3.05, 3.63) is 18.0 Å². The highest BCUT2D eigenvalue weighted by Crippen LogP contribution is 2.20. The molecule has 5 heteroatoms. The van der Waals surface area contributed by atoms with Gasteiger partial charge in [-0.25, -0.2) is 0 Å². The molecule has 0 spiro atoms. The minimum atomic E-state index is 0.00993. The van der Waals surface area contributed by atoms with E-state index in [1.54, 1.807) is 10.9 Å². The molecule has 1 aromatic heterocycles. The van der Waals surface area contributed by atoms with Crippen molar-refractivity contribution in [2.45, 2.75) is 17.8 Å². The first-order chi connectivity index (χ1) is 6.68. The fourth-order valence-electron chi connectivity index (χ4n) is 1.61. The lowest BCUT2D eigenvalue weighted by atomic mass is 10.4. The van der Waals surface area contributed by atoms with Gasteiger partial charge in [-0.3, -0.25) is 9.48 Å². The summed E-state index contributed by atoms with van der Waals surface area (Å²) < 4.78 is 1.80. The second-order valence-electron chi connectivity index (χ2n) is 3.46. The number of likely N-dealkylation sites (tertiary alicyclic amines) is 1. The number of nitrogens with zero attached hydrogens (tertiary/aromatic N) is 3. The Morgan fingerprint density at radius 3 is 3.00 bits per heavy atom. The molecule has 1 amide bonds. The zero-order chi connectivity index (χ0) is 10.1. The lowest BCUT2D eigenvalue weighted by Gasteiger charge is -2.15. The first kappa shape index (κ1) is 9.71. The summed E-state index contributed by atoms with van der Waals surface area (Å²) in [7, 11) is 1.89. The highest BCUT2D eigenvalue weighted by Gasteiger charge is 2.29. The zero-order valence-corrected chi connectivity index (χ0v) is 9.57. The van der Waals surface area contributed by atoms with Crippen LogP contribution in [0.3, 0.4) is 0 Å². The fourth-order valence-corrected chi connectivity index (χ4v) is 2.10. The van der Waals surface area contributed by atoms with Gasteiger partial charge in [-0.15, -0.1) is 0 Å². The quantitative estimate of drug-likeness (QED) is 0.740. The molecule has 14 heavy (non-hydrogen) atoms. The van der Waals surface area contributed by atoms with Crippen molar-refractivity contribution in [3.63, 3.8) is 0 Å². The van der Waals surface area contributed by atoms with E-state index in [0.717, 1.165) is 18.7 Å². The highest BCUT2D eigenvalue weighted by atomic mass is 79.9. The van der Waals surface area contributed by atoms with Crippen LogP contribution in [0.25, 0.3) is 0 Å². The Hall–Kier alpha value is -0.840. The molecule has 4 nitrogen and oxygen atoms in total. The van der Waals surface area contributed by atoms with Crippen molar-refractivity contribution in [3.8, 4) is 0 Å². The van der Waals surface area contributed by atoms with Gasteiger partial charge in [0.25, 0.3) is 0 Å². The Labute approximate surface area is 91.0 Å². The summed E-state index contributed by atoms with van der Waals surface area (Å²) >= 11 is 3.35. The summed E-state index contributed by atoms with van der Waals surface area (Å²) in [5.74, 6) is 0.186. The van der Waals surface area contributed by atoms with Crippen LogP contribution in [-0.4, -0.2) is 32.0 Å². The molecule has 0 radical (unpaired) electrons. The van der Waals surface area contributed by atoms with Gasteiger partial charge in [-0.05, 0) is 12.5 Å². The molecule has 1 atom stereocenters. The molecule has 0 saturated carbocycles. The van der Waals surface area contributed by atoms with Crippen LogP contribution < -0.4 is 0 Å². The number of carbonyl (C=O) groups is 1. The molecular weight excluding hydrogens is 246 g/mol. The van der Waals surface area contributed by atoms with Crippen molar-refractivity contribution in [2.75, 3.05) is 6.54 Å². The first-order valence-electron chi connectivity index (χ1n) is 4.58. The minimum Gasteiger partial charge on any atom is -0.336 e. The molecule has 2 heterocycles. The number of amides is 1. The van der Waals surface area contributed by atoms with Crippen molar-refractivity contribution >= 4 is 21.8 Å². The smallest absolute Gasteiger partial charge is 0.236 e. The van der Waals surface area contributed by atoms with Crippen LogP contribution in [0, 0.1) is 0 Å². The van der Waals surface area contributed by atoms with E-state index >= 15 is 0 Å². The lowest BCUT2D eigenvalue weighted by Crippen LogP contribution is -2.27. The van der Waals surface area contributed by atoms with Crippen molar-refractivity contribution in [2.24, 2.45) is 7.05 Å². The van der Waals surface area contributed by atoms with Gasteiger partial charge in [0, 0.05) is 19.8 Å². The summed E-state index contributed by atoms with van der Waals surface area (Å²) in [6.45, 7) is 1.50. The molecule has 0 aliphatic carbocycles. The van der Waals surface area contributed by atoms with Crippen LogP contribution in [0.1, 0.15) is 12.1 Å². The zero-order valence-electron chi connectivity index (χ0n) is 7.98. The minimum absolute atomic E-state index is 0.00993. The summed E-state index contributed by atoms with van der Waals surface area (Å²) in [5, 5.41) is 4.07. The number of hydrogen-bond acceptors (Lipinski definition) is 2. The molecule has 1 aliphatic heterocycles. The molecule has 0 aromatic carbocycles. The van der Waals surface area contributed by atoms with E-state index in [0.29, 0.717) is 6.54 Å². The molecule has 1 aliphatic rings. The second-order valence-corrected chi connectivity index (χ2v) is 4.57. The van der Waals surface area contributed by atoms with E-state index in [4.69, 9.17) is 0 Å². The number of aromatic nitrogens is 2. The fraction of sp³-hybridized carbons (Fsp3) is 0.556.